The van der Waals surface area contributed by atoms with Crippen LogP contribution in [0.3, 0.4) is 0 Å². The fourth-order valence-electron chi connectivity index (χ4n) is 1.94. The molecule has 1 aliphatic heterocycles. The number of sulfone groups is 1. The van der Waals surface area contributed by atoms with Gasteiger partial charge in [-0.3, -0.25) is 0 Å². The Hall–Kier alpha value is -0.590. The van der Waals surface area contributed by atoms with E-state index in [9.17, 15) is 8.42 Å². The zero-order valence-electron chi connectivity index (χ0n) is 9.61. The van der Waals surface area contributed by atoms with Crippen molar-refractivity contribution in [2.24, 2.45) is 0 Å². The molecule has 94 valence electrons. The molecular weight excluding hydrogens is 304 g/mol. The molecule has 0 saturated carbocycles. The zero-order valence-corrected chi connectivity index (χ0v) is 12.0. The highest BCUT2D eigenvalue weighted by molar-refractivity contribution is 9.10. The summed E-state index contributed by atoms with van der Waals surface area (Å²) in [6, 6.07) is 5.44. The van der Waals surface area contributed by atoms with E-state index < -0.39 is 9.84 Å². The maximum absolute atomic E-state index is 12.0. The molecule has 0 saturated heterocycles. The van der Waals surface area contributed by atoms with E-state index in [0.29, 0.717) is 11.4 Å². The molecule has 2 rings (SSSR count). The van der Waals surface area contributed by atoms with Crippen LogP contribution in [0.5, 0.6) is 0 Å². The summed E-state index contributed by atoms with van der Waals surface area (Å²) in [5.74, 6) is 0.195. The third-order valence-electron chi connectivity index (χ3n) is 2.86. The number of hydrogen-bond donors (Lipinski definition) is 1. The van der Waals surface area contributed by atoms with Gasteiger partial charge >= 0.3 is 0 Å². The van der Waals surface area contributed by atoms with E-state index in [2.05, 4.69) is 26.1 Å². The third-order valence-corrected chi connectivity index (χ3v) is 5.07. The van der Waals surface area contributed by atoms with Crippen molar-refractivity contribution in [3.05, 3.63) is 22.7 Å². The van der Waals surface area contributed by atoms with E-state index in [4.69, 9.17) is 0 Å². The van der Waals surface area contributed by atoms with Crippen LogP contribution >= 0.6 is 15.9 Å². The summed E-state index contributed by atoms with van der Waals surface area (Å²) in [4.78, 5) is 2.55. The summed E-state index contributed by atoms with van der Waals surface area (Å²) < 4.78 is 24.8. The quantitative estimate of drug-likeness (QED) is 0.911. The molecule has 17 heavy (non-hydrogen) atoms. The van der Waals surface area contributed by atoms with Gasteiger partial charge in [0, 0.05) is 24.1 Å². The molecule has 1 heterocycles. The van der Waals surface area contributed by atoms with E-state index in [1.165, 1.54) is 0 Å². The van der Waals surface area contributed by atoms with Gasteiger partial charge in [0.1, 0.15) is 0 Å². The lowest BCUT2D eigenvalue weighted by Gasteiger charge is -2.31. The molecule has 0 radical (unpaired) electrons. The second-order valence-electron chi connectivity index (χ2n) is 4.02. The number of nitrogens with one attached hydrogen (secondary N) is 1. The summed E-state index contributed by atoms with van der Waals surface area (Å²) in [5.41, 5.74) is 0.815. The number of nitrogens with zero attached hydrogens (tertiary/aromatic N) is 1. The Balaban J connectivity index is 2.41. The van der Waals surface area contributed by atoms with Gasteiger partial charge in [-0.1, -0.05) is 15.9 Å². The Morgan fingerprint density at radius 2 is 2.24 bits per heavy atom. The van der Waals surface area contributed by atoms with Crippen molar-refractivity contribution in [1.82, 2.24) is 5.32 Å². The number of hydrogen-bond acceptors (Lipinski definition) is 4. The fourth-order valence-corrected chi connectivity index (χ4v) is 3.95. The minimum atomic E-state index is -3.11. The average molecular weight is 319 g/mol. The van der Waals surface area contributed by atoms with Gasteiger partial charge in [0.25, 0.3) is 0 Å². The molecule has 0 aliphatic carbocycles. The van der Waals surface area contributed by atoms with Crippen molar-refractivity contribution in [1.29, 1.82) is 0 Å². The van der Waals surface area contributed by atoms with Crippen molar-refractivity contribution in [2.75, 3.05) is 37.3 Å². The first-order chi connectivity index (χ1) is 8.04. The van der Waals surface area contributed by atoms with Crippen LogP contribution in [0, 0.1) is 0 Å². The molecule has 1 N–H and O–H groups in total. The largest absolute Gasteiger partial charge is 0.368 e. The number of halogens is 1. The van der Waals surface area contributed by atoms with Crippen LogP contribution in [-0.2, 0) is 9.84 Å². The van der Waals surface area contributed by atoms with Gasteiger partial charge < -0.3 is 10.2 Å². The molecule has 1 aliphatic rings. The van der Waals surface area contributed by atoms with E-state index in [1.54, 1.807) is 6.07 Å². The predicted molar refractivity (Wildman–Crippen MR) is 72.3 cm³/mol. The Morgan fingerprint density at radius 3 is 2.94 bits per heavy atom. The Morgan fingerprint density at radius 1 is 1.47 bits per heavy atom. The number of benzene rings is 1. The molecule has 0 aromatic heterocycles. The minimum Gasteiger partial charge on any atom is -0.368 e. The van der Waals surface area contributed by atoms with Gasteiger partial charge in [0.2, 0.25) is 0 Å². The molecule has 0 bridgehead atoms. The predicted octanol–water partition coefficient (Wildman–Crippen LogP) is 1.26. The van der Waals surface area contributed by atoms with E-state index in [1.807, 2.05) is 19.2 Å². The molecule has 4 nitrogen and oxygen atoms in total. The summed E-state index contributed by atoms with van der Waals surface area (Å²) in [6.45, 7) is 2.23. The van der Waals surface area contributed by atoms with Gasteiger partial charge in [0.05, 0.1) is 16.3 Å². The molecule has 1 aromatic carbocycles. The van der Waals surface area contributed by atoms with Crippen LogP contribution in [0.15, 0.2) is 27.6 Å². The Bertz CT molecular complexity index is 516. The Labute approximate surface area is 110 Å². The number of fused-ring (bicyclic) bond motifs is 1. The fraction of sp³-hybridized carbons (Fsp3) is 0.455. The minimum absolute atomic E-state index is 0.195. The van der Waals surface area contributed by atoms with Crippen molar-refractivity contribution in [3.63, 3.8) is 0 Å². The average Bonchev–Trinajstić information content (AvgIpc) is 2.29. The van der Waals surface area contributed by atoms with Crippen LogP contribution in [-0.4, -0.2) is 40.9 Å². The summed E-state index contributed by atoms with van der Waals surface area (Å²) in [7, 11) is -1.22. The SMILES string of the molecule is CNCCN1CCS(=O)(=O)c2cc(Br)ccc21. The van der Waals surface area contributed by atoms with Crippen LogP contribution < -0.4 is 10.2 Å². The van der Waals surface area contributed by atoms with E-state index >= 15 is 0 Å². The first-order valence-corrected chi connectivity index (χ1v) is 7.91. The first-order valence-electron chi connectivity index (χ1n) is 5.46. The second kappa shape index (κ2) is 4.96. The topological polar surface area (TPSA) is 49.4 Å². The highest BCUT2D eigenvalue weighted by atomic mass is 79.9. The van der Waals surface area contributed by atoms with Gasteiger partial charge in [-0.15, -0.1) is 0 Å². The molecule has 0 spiro atoms. The zero-order chi connectivity index (χ0) is 12.5. The highest BCUT2D eigenvalue weighted by Crippen LogP contribution is 2.32. The highest BCUT2D eigenvalue weighted by Gasteiger charge is 2.27. The van der Waals surface area contributed by atoms with Gasteiger partial charge in [-0.2, -0.15) is 0 Å². The first kappa shape index (κ1) is 12.9. The lowest BCUT2D eigenvalue weighted by Crippen LogP contribution is -2.38. The Kier molecular flexibility index (Phi) is 3.75. The molecule has 0 unspecified atom stereocenters. The van der Waals surface area contributed by atoms with Crippen LogP contribution in [0.25, 0.3) is 0 Å². The lowest BCUT2D eigenvalue weighted by atomic mass is 10.2. The normalized spacial score (nSPS) is 17.9. The molecule has 6 heteroatoms. The van der Waals surface area contributed by atoms with Crippen molar-refractivity contribution in [3.8, 4) is 0 Å². The van der Waals surface area contributed by atoms with Crippen molar-refractivity contribution < 1.29 is 8.42 Å². The number of likely N-dealkylation sites (N-methyl/N-ethyl adjacent to an activating group) is 1. The van der Waals surface area contributed by atoms with E-state index in [-0.39, 0.29) is 5.75 Å². The number of anilines is 1. The molecule has 0 fully saturated rings. The van der Waals surface area contributed by atoms with Crippen LogP contribution in [0.1, 0.15) is 0 Å². The standard InChI is InChI=1S/C11H15BrN2O2S/c1-13-4-5-14-6-7-17(15,16)11-8-9(12)2-3-10(11)14/h2-3,8,13H,4-7H2,1H3. The molecule has 1 aromatic rings. The van der Waals surface area contributed by atoms with Crippen LogP contribution in [0.4, 0.5) is 5.69 Å². The smallest absolute Gasteiger partial charge is 0.182 e. The summed E-state index contributed by atoms with van der Waals surface area (Å²) in [6.07, 6.45) is 0. The van der Waals surface area contributed by atoms with Gasteiger partial charge in [-0.25, -0.2) is 8.42 Å². The lowest BCUT2D eigenvalue weighted by molar-refractivity contribution is 0.588. The number of rotatable bonds is 3. The summed E-state index contributed by atoms with van der Waals surface area (Å²) >= 11 is 3.32. The summed E-state index contributed by atoms with van der Waals surface area (Å²) in [5, 5.41) is 3.08. The second-order valence-corrected chi connectivity index (χ2v) is 7.01. The van der Waals surface area contributed by atoms with Crippen LogP contribution in [0.2, 0.25) is 0 Å². The maximum Gasteiger partial charge on any atom is 0.182 e. The van der Waals surface area contributed by atoms with Gasteiger partial charge in [0.15, 0.2) is 9.84 Å². The van der Waals surface area contributed by atoms with Crippen molar-refractivity contribution >= 4 is 31.5 Å². The van der Waals surface area contributed by atoms with E-state index in [0.717, 1.165) is 23.2 Å². The molecule has 0 atom stereocenters. The van der Waals surface area contributed by atoms with Crippen molar-refractivity contribution in [2.45, 2.75) is 4.90 Å². The third kappa shape index (κ3) is 2.64. The maximum atomic E-state index is 12.0. The monoisotopic (exact) mass is 318 g/mol. The van der Waals surface area contributed by atoms with Gasteiger partial charge in [-0.05, 0) is 25.2 Å². The molecular formula is C11H15BrN2O2S. The molecule has 0 amide bonds.